The summed E-state index contributed by atoms with van der Waals surface area (Å²) in [5.41, 5.74) is 7.30. The van der Waals surface area contributed by atoms with Crippen LogP contribution in [0.15, 0.2) is 24.3 Å². The van der Waals surface area contributed by atoms with E-state index in [2.05, 4.69) is 24.0 Å². The van der Waals surface area contributed by atoms with E-state index in [1.165, 1.54) is 37.7 Å². The third-order valence-electron chi connectivity index (χ3n) is 5.17. The van der Waals surface area contributed by atoms with E-state index in [1.54, 1.807) is 0 Å². The molecule has 2 bridgehead atoms. The van der Waals surface area contributed by atoms with Crippen molar-refractivity contribution < 1.29 is 0 Å². The van der Waals surface area contributed by atoms with Crippen molar-refractivity contribution >= 4 is 11.6 Å². The van der Waals surface area contributed by atoms with Gasteiger partial charge >= 0.3 is 0 Å². The predicted molar refractivity (Wildman–Crippen MR) is 85.0 cm³/mol. The van der Waals surface area contributed by atoms with E-state index in [4.69, 9.17) is 17.3 Å². The van der Waals surface area contributed by atoms with Crippen LogP contribution in [0, 0.1) is 5.92 Å². The first-order valence-electron chi connectivity index (χ1n) is 7.89. The smallest absolute Gasteiger partial charge is 0.0406 e. The average molecular weight is 293 g/mol. The normalized spacial score (nSPS) is 31.4. The molecule has 110 valence electrons. The van der Waals surface area contributed by atoms with Gasteiger partial charge in [0, 0.05) is 29.7 Å². The van der Waals surface area contributed by atoms with Crippen LogP contribution in [-0.4, -0.2) is 29.6 Å². The van der Waals surface area contributed by atoms with Gasteiger partial charge in [-0.3, -0.25) is 4.90 Å². The van der Waals surface area contributed by atoms with Gasteiger partial charge in [0.15, 0.2) is 0 Å². The van der Waals surface area contributed by atoms with Crippen LogP contribution in [0.5, 0.6) is 0 Å². The average Bonchev–Trinajstić information content (AvgIpc) is 2.72. The van der Waals surface area contributed by atoms with E-state index in [-0.39, 0.29) is 0 Å². The van der Waals surface area contributed by atoms with Crippen LogP contribution >= 0.6 is 11.6 Å². The number of piperidine rings is 1. The van der Waals surface area contributed by atoms with Gasteiger partial charge in [-0.05, 0) is 62.6 Å². The van der Waals surface area contributed by atoms with Crippen molar-refractivity contribution in [3.63, 3.8) is 0 Å². The van der Waals surface area contributed by atoms with Gasteiger partial charge < -0.3 is 5.73 Å². The first kappa shape index (κ1) is 14.4. The van der Waals surface area contributed by atoms with Gasteiger partial charge in [-0.15, -0.1) is 0 Å². The van der Waals surface area contributed by atoms with Crippen LogP contribution in [0.1, 0.15) is 38.2 Å². The summed E-state index contributed by atoms with van der Waals surface area (Å²) in [4.78, 5) is 2.71. The summed E-state index contributed by atoms with van der Waals surface area (Å²) in [5, 5.41) is 0.834. The SMILES string of the molecule is CC(CN)N1C2CCC1CC(Cc1ccc(Cl)cc1)C2. The Kier molecular flexibility index (Phi) is 4.34. The molecule has 2 heterocycles. The molecule has 2 fully saturated rings. The zero-order chi connectivity index (χ0) is 14.1. The summed E-state index contributed by atoms with van der Waals surface area (Å²) in [6.45, 7) is 3.07. The highest BCUT2D eigenvalue weighted by atomic mass is 35.5. The second-order valence-corrected chi connectivity index (χ2v) is 7.02. The van der Waals surface area contributed by atoms with Gasteiger partial charge in [-0.2, -0.15) is 0 Å². The molecule has 0 saturated carbocycles. The Labute approximate surface area is 127 Å². The van der Waals surface area contributed by atoms with E-state index in [9.17, 15) is 0 Å². The molecule has 0 amide bonds. The lowest BCUT2D eigenvalue weighted by atomic mass is 9.85. The lowest BCUT2D eigenvalue weighted by Gasteiger charge is -2.42. The summed E-state index contributed by atoms with van der Waals surface area (Å²) in [7, 11) is 0. The number of benzene rings is 1. The van der Waals surface area contributed by atoms with Crippen molar-refractivity contribution in [2.45, 2.75) is 57.2 Å². The lowest BCUT2D eigenvalue weighted by molar-refractivity contribution is 0.0695. The maximum Gasteiger partial charge on any atom is 0.0406 e. The molecule has 2 aliphatic heterocycles. The predicted octanol–water partition coefficient (Wildman–Crippen LogP) is 3.47. The molecule has 20 heavy (non-hydrogen) atoms. The molecular weight excluding hydrogens is 268 g/mol. The number of nitrogens with two attached hydrogens (primary N) is 1. The zero-order valence-electron chi connectivity index (χ0n) is 12.3. The monoisotopic (exact) mass is 292 g/mol. The van der Waals surface area contributed by atoms with Gasteiger partial charge in [-0.25, -0.2) is 0 Å². The Hall–Kier alpha value is -0.570. The number of hydrogen-bond donors (Lipinski definition) is 1. The Morgan fingerprint density at radius 1 is 1.20 bits per heavy atom. The van der Waals surface area contributed by atoms with Gasteiger partial charge in [0.2, 0.25) is 0 Å². The maximum absolute atomic E-state index is 5.96. The van der Waals surface area contributed by atoms with Crippen molar-refractivity contribution in [3.05, 3.63) is 34.9 Å². The van der Waals surface area contributed by atoms with Crippen LogP contribution < -0.4 is 5.73 Å². The van der Waals surface area contributed by atoms with Gasteiger partial charge in [0.25, 0.3) is 0 Å². The molecular formula is C17H25ClN2. The van der Waals surface area contributed by atoms with Gasteiger partial charge in [-0.1, -0.05) is 23.7 Å². The molecule has 3 unspecified atom stereocenters. The molecule has 0 aromatic heterocycles. The van der Waals surface area contributed by atoms with Crippen LogP contribution in [0.25, 0.3) is 0 Å². The highest BCUT2D eigenvalue weighted by Gasteiger charge is 2.42. The van der Waals surface area contributed by atoms with E-state index in [1.807, 2.05) is 12.1 Å². The quantitative estimate of drug-likeness (QED) is 0.921. The van der Waals surface area contributed by atoms with Gasteiger partial charge in [0.05, 0.1) is 0 Å². The summed E-state index contributed by atoms with van der Waals surface area (Å²) in [5.74, 6) is 0.829. The van der Waals surface area contributed by atoms with Crippen LogP contribution in [-0.2, 0) is 6.42 Å². The summed E-state index contributed by atoms with van der Waals surface area (Å²) in [6, 6.07) is 10.5. The Balaban J connectivity index is 1.64. The first-order valence-corrected chi connectivity index (χ1v) is 8.27. The minimum atomic E-state index is 0.545. The van der Waals surface area contributed by atoms with Crippen LogP contribution in [0.3, 0.4) is 0 Å². The van der Waals surface area contributed by atoms with Crippen LogP contribution in [0.2, 0.25) is 5.02 Å². The molecule has 0 aliphatic carbocycles. The molecule has 1 aromatic carbocycles. The second-order valence-electron chi connectivity index (χ2n) is 6.58. The number of rotatable bonds is 4. The summed E-state index contributed by atoms with van der Waals surface area (Å²) in [6.07, 6.45) is 6.61. The molecule has 2 saturated heterocycles. The highest BCUT2D eigenvalue weighted by molar-refractivity contribution is 6.30. The Bertz CT molecular complexity index is 431. The van der Waals surface area contributed by atoms with Crippen molar-refractivity contribution in [1.82, 2.24) is 4.90 Å². The molecule has 2 N–H and O–H groups in total. The molecule has 2 aliphatic rings. The standard InChI is InChI=1S/C17H25ClN2/c1-12(11-19)20-16-6-7-17(20)10-14(9-16)8-13-2-4-15(18)5-3-13/h2-5,12,14,16-17H,6-11,19H2,1H3. The fourth-order valence-electron chi connectivity index (χ4n) is 4.29. The van der Waals surface area contributed by atoms with Crippen molar-refractivity contribution in [2.24, 2.45) is 11.7 Å². The minimum absolute atomic E-state index is 0.545. The molecule has 3 heteroatoms. The topological polar surface area (TPSA) is 29.3 Å². The number of fused-ring (bicyclic) bond motifs is 2. The Morgan fingerprint density at radius 3 is 2.35 bits per heavy atom. The number of nitrogens with zero attached hydrogens (tertiary/aromatic N) is 1. The third kappa shape index (κ3) is 2.88. The molecule has 2 nitrogen and oxygen atoms in total. The van der Waals surface area contributed by atoms with Gasteiger partial charge in [0.1, 0.15) is 0 Å². The fraction of sp³-hybridized carbons (Fsp3) is 0.647. The van der Waals surface area contributed by atoms with Crippen LogP contribution in [0.4, 0.5) is 0 Å². The van der Waals surface area contributed by atoms with E-state index < -0.39 is 0 Å². The molecule has 3 atom stereocenters. The number of hydrogen-bond acceptors (Lipinski definition) is 2. The Morgan fingerprint density at radius 2 is 1.80 bits per heavy atom. The molecule has 0 radical (unpaired) electrons. The molecule has 0 spiro atoms. The van der Waals surface area contributed by atoms with Crippen molar-refractivity contribution in [2.75, 3.05) is 6.54 Å². The van der Waals surface area contributed by atoms with Crippen molar-refractivity contribution in [1.29, 1.82) is 0 Å². The molecule has 1 aromatic rings. The minimum Gasteiger partial charge on any atom is -0.329 e. The first-order chi connectivity index (χ1) is 9.67. The molecule has 3 rings (SSSR count). The van der Waals surface area contributed by atoms with E-state index in [0.717, 1.165) is 29.6 Å². The number of halogens is 1. The van der Waals surface area contributed by atoms with E-state index in [0.29, 0.717) is 6.04 Å². The zero-order valence-corrected chi connectivity index (χ0v) is 13.0. The second kappa shape index (κ2) is 6.05. The largest absolute Gasteiger partial charge is 0.329 e. The fourth-order valence-corrected chi connectivity index (χ4v) is 4.41. The van der Waals surface area contributed by atoms with E-state index >= 15 is 0 Å². The summed E-state index contributed by atoms with van der Waals surface area (Å²) < 4.78 is 0. The lowest BCUT2D eigenvalue weighted by Crippen LogP contribution is -2.50. The van der Waals surface area contributed by atoms with Crippen molar-refractivity contribution in [3.8, 4) is 0 Å². The maximum atomic E-state index is 5.96. The summed E-state index contributed by atoms with van der Waals surface area (Å²) >= 11 is 5.96. The third-order valence-corrected chi connectivity index (χ3v) is 5.43. The highest BCUT2D eigenvalue weighted by Crippen LogP contribution is 2.40.